The first kappa shape index (κ1) is 17.0. The molecule has 1 rings (SSSR count). The average Bonchev–Trinajstić information content (AvgIpc) is 2.44. The maximum Gasteiger partial charge on any atom is 0.315 e. The summed E-state index contributed by atoms with van der Waals surface area (Å²) in [5.41, 5.74) is 6.54. The third-order valence-corrected chi connectivity index (χ3v) is 3.14. The van der Waals surface area contributed by atoms with E-state index in [9.17, 15) is 9.59 Å². The second-order valence-electron chi connectivity index (χ2n) is 5.53. The Bertz CT molecular complexity index is 483. The molecule has 4 N–H and O–H groups in total. The van der Waals surface area contributed by atoms with Crippen molar-refractivity contribution in [3.05, 3.63) is 35.4 Å². The highest BCUT2D eigenvalue weighted by Gasteiger charge is 2.25. The Morgan fingerprint density at radius 3 is 2.24 bits per heavy atom. The first-order valence-corrected chi connectivity index (χ1v) is 6.73. The number of benzene rings is 1. The van der Waals surface area contributed by atoms with Crippen LogP contribution in [-0.2, 0) is 22.7 Å². The van der Waals surface area contributed by atoms with Gasteiger partial charge in [0.05, 0.1) is 12.0 Å². The normalized spacial score (nSPS) is 11.0. The van der Waals surface area contributed by atoms with Crippen molar-refractivity contribution < 1.29 is 14.3 Å². The van der Waals surface area contributed by atoms with Crippen molar-refractivity contribution in [2.45, 2.75) is 27.0 Å². The predicted molar refractivity (Wildman–Crippen MR) is 80.4 cm³/mol. The van der Waals surface area contributed by atoms with E-state index in [1.165, 1.54) is 0 Å². The highest BCUT2D eigenvalue weighted by Crippen LogP contribution is 2.11. The van der Waals surface area contributed by atoms with Crippen LogP contribution in [0.5, 0.6) is 0 Å². The molecule has 0 spiro atoms. The van der Waals surface area contributed by atoms with Gasteiger partial charge in [0.25, 0.3) is 0 Å². The van der Waals surface area contributed by atoms with Crippen molar-refractivity contribution in [2.24, 2.45) is 11.1 Å². The van der Waals surface area contributed by atoms with E-state index < -0.39 is 11.3 Å². The van der Waals surface area contributed by atoms with E-state index in [2.05, 4.69) is 10.6 Å². The van der Waals surface area contributed by atoms with Crippen molar-refractivity contribution in [3.63, 3.8) is 0 Å². The van der Waals surface area contributed by atoms with Crippen LogP contribution in [0, 0.1) is 5.41 Å². The molecule has 21 heavy (non-hydrogen) atoms. The van der Waals surface area contributed by atoms with Crippen molar-refractivity contribution in [1.82, 2.24) is 10.6 Å². The van der Waals surface area contributed by atoms with Crippen LogP contribution in [0.3, 0.4) is 0 Å². The summed E-state index contributed by atoms with van der Waals surface area (Å²) in [6.07, 6.45) is 0. The summed E-state index contributed by atoms with van der Waals surface area (Å²) in [5.74, 6) is -0.448. The number of hydrogen-bond donors (Lipinski definition) is 3. The van der Waals surface area contributed by atoms with Crippen LogP contribution in [-0.4, -0.2) is 25.6 Å². The summed E-state index contributed by atoms with van der Waals surface area (Å²) < 4.78 is 5.03. The lowest BCUT2D eigenvalue weighted by atomic mass is 9.93. The van der Waals surface area contributed by atoms with E-state index in [4.69, 9.17) is 10.5 Å². The quantitative estimate of drug-likeness (QED) is 0.704. The van der Waals surface area contributed by atoms with E-state index in [1.54, 1.807) is 21.0 Å². The van der Waals surface area contributed by atoms with Gasteiger partial charge >= 0.3 is 6.03 Å². The van der Waals surface area contributed by atoms with E-state index in [0.29, 0.717) is 13.2 Å². The molecule has 0 unspecified atom stereocenters. The lowest BCUT2D eigenvalue weighted by Gasteiger charge is -2.20. The van der Waals surface area contributed by atoms with Gasteiger partial charge in [-0.15, -0.1) is 0 Å². The maximum absolute atomic E-state index is 11.7. The Balaban J connectivity index is 2.37. The van der Waals surface area contributed by atoms with E-state index in [1.807, 2.05) is 24.3 Å². The minimum absolute atomic E-state index is 0.195. The standard InChI is InChI=1S/C15H23N3O3/c1-15(2,13(16)19)10-18-14(20)17-8-11-4-6-12(7-5-11)9-21-3/h4-7H,8-10H2,1-3H3,(H2,16,19)(H2,17,18,20). The number of amides is 3. The summed E-state index contributed by atoms with van der Waals surface area (Å²) in [7, 11) is 1.65. The van der Waals surface area contributed by atoms with Crippen LogP contribution in [0.1, 0.15) is 25.0 Å². The van der Waals surface area contributed by atoms with Gasteiger partial charge in [-0.25, -0.2) is 4.79 Å². The lowest BCUT2D eigenvalue weighted by Crippen LogP contribution is -2.45. The first-order valence-electron chi connectivity index (χ1n) is 6.73. The number of methoxy groups -OCH3 is 1. The number of carbonyl (C=O) groups excluding carboxylic acids is 2. The molecule has 0 saturated carbocycles. The Morgan fingerprint density at radius 2 is 1.71 bits per heavy atom. The lowest BCUT2D eigenvalue weighted by molar-refractivity contribution is -0.125. The molecule has 116 valence electrons. The number of nitrogens with two attached hydrogens (primary N) is 1. The van der Waals surface area contributed by atoms with Gasteiger partial charge in [0, 0.05) is 20.2 Å². The van der Waals surface area contributed by atoms with Gasteiger partial charge in [-0.1, -0.05) is 24.3 Å². The molecule has 1 aromatic carbocycles. The Kier molecular flexibility index (Phi) is 6.17. The van der Waals surface area contributed by atoms with E-state index >= 15 is 0 Å². The van der Waals surface area contributed by atoms with Gasteiger partial charge in [0.2, 0.25) is 5.91 Å². The molecule has 6 nitrogen and oxygen atoms in total. The number of nitrogens with one attached hydrogen (secondary N) is 2. The summed E-state index contributed by atoms with van der Waals surface area (Å²) in [6, 6.07) is 7.44. The SMILES string of the molecule is COCc1ccc(CNC(=O)NCC(C)(C)C(N)=O)cc1. The van der Waals surface area contributed by atoms with Gasteiger partial charge in [0.1, 0.15) is 0 Å². The molecule has 0 aliphatic heterocycles. The van der Waals surface area contributed by atoms with Crippen molar-refractivity contribution >= 4 is 11.9 Å². The second-order valence-corrected chi connectivity index (χ2v) is 5.53. The molecule has 1 aromatic rings. The van der Waals surface area contributed by atoms with Gasteiger partial charge in [-0.3, -0.25) is 4.79 Å². The molecule has 0 atom stereocenters. The third-order valence-electron chi connectivity index (χ3n) is 3.14. The van der Waals surface area contributed by atoms with Crippen molar-refractivity contribution in [3.8, 4) is 0 Å². The number of rotatable bonds is 7. The molecule has 0 saturated heterocycles. The molecule has 0 aliphatic carbocycles. The number of hydrogen-bond acceptors (Lipinski definition) is 3. The Labute approximate surface area is 125 Å². The average molecular weight is 293 g/mol. The molecule has 3 amide bonds. The fraction of sp³-hybridized carbons (Fsp3) is 0.467. The highest BCUT2D eigenvalue weighted by molar-refractivity contribution is 5.81. The maximum atomic E-state index is 11.7. The second kappa shape index (κ2) is 7.64. The van der Waals surface area contributed by atoms with Crippen molar-refractivity contribution in [2.75, 3.05) is 13.7 Å². The summed E-state index contributed by atoms with van der Waals surface area (Å²) >= 11 is 0. The first-order chi connectivity index (χ1) is 9.85. The monoisotopic (exact) mass is 293 g/mol. The van der Waals surface area contributed by atoms with Crippen LogP contribution in [0.25, 0.3) is 0 Å². The van der Waals surface area contributed by atoms with E-state index in [0.717, 1.165) is 11.1 Å². The Hall–Kier alpha value is -2.08. The number of urea groups is 1. The van der Waals surface area contributed by atoms with Gasteiger partial charge < -0.3 is 21.1 Å². The summed E-state index contributed by atoms with van der Waals surface area (Å²) in [5, 5.41) is 5.36. The number of primary amides is 1. The zero-order chi connectivity index (χ0) is 15.9. The minimum Gasteiger partial charge on any atom is -0.380 e. The molecule has 0 aromatic heterocycles. The molecule has 0 radical (unpaired) electrons. The highest BCUT2D eigenvalue weighted by atomic mass is 16.5. The molecule has 0 aliphatic rings. The molecule has 0 bridgehead atoms. The summed E-state index contributed by atoms with van der Waals surface area (Å²) in [4.78, 5) is 22.8. The van der Waals surface area contributed by atoms with Gasteiger partial charge in [0.15, 0.2) is 0 Å². The molecular weight excluding hydrogens is 270 g/mol. The van der Waals surface area contributed by atoms with Crippen LogP contribution < -0.4 is 16.4 Å². The fourth-order valence-corrected chi connectivity index (χ4v) is 1.55. The minimum atomic E-state index is -0.765. The van der Waals surface area contributed by atoms with Crippen LogP contribution >= 0.6 is 0 Å². The molecular formula is C15H23N3O3. The van der Waals surface area contributed by atoms with Crippen LogP contribution in [0.2, 0.25) is 0 Å². The molecule has 0 fully saturated rings. The number of carbonyl (C=O) groups is 2. The van der Waals surface area contributed by atoms with E-state index in [-0.39, 0.29) is 12.6 Å². The van der Waals surface area contributed by atoms with Gasteiger partial charge in [-0.05, 0) is 25.0 Å². The topological polar surface area (TPSA) is 93.4 Å². The third kappa shape index (κ3) is 5.83. The number of ether oxygens (including phenoxy) is 1. The predicted octanol–water partition coefficient (Wildman–Crippen LogP) is 1.14. The zero-order valence-corrected chi connectivity index (χ0v) is 12.7. The zero-order valence-electron chi connectivity index (χ0n) is 12.7. The van der Waals surface area contributed by atoms with Crippen molar-refractivity contribution in [1.29, 1.82) is 0 Å². The van der Waals surface area contributed by atoms with Gasteiger partial charge in [-0.2, -0.15) is 0 Å². The summed E-state index contributed by atoms with van der Waals surface area (Å²) in [6.45, 7) is 4.54. The molecule has 6 heteroatoms. The smallest absolute Gasteiger partial charge is 0.315 e. The van der Waals surface area contributed by atoms with Crippen LogP contribution in [0.15, 0.2) is 24.3 Å². The van der Waals surface area contributed by atoms with Crippen LogP contribution in [0.4, 0.5) is 4.79 Å². The fourth-order valence-electron chi connectivity index (χ4n) is 1.55. The largest absolute Gasteiger partial charge is 0.380 e. The molecule has 0 heterocycles. The Morgan fingerprint density at radius 1 is 1.14 bits per heavy atom.